The van der Waals surface area contributed by atoms with Crippen LogP contribution >= 0.6 is 11.8 Å². The third-order valence-electron chi connectivity index (χ3n) is 1.05. The zero-order valence-electron chi connectivity index (χ0n) is 6.16. The molecule has 1 aliphatic heterocycles. The SMILES string of the molecule is CC(C)CC1=NN=C=CS1. The highest BCUT2D eigenvalue weighted by Gasteiger charge is 2.03. The molecule has 0 saturated heterocycles. The number of rotatable bonds is 2. The monoisotopic (exact) mass is 154 g/mol. The summed E-state index contributed by atoms with van der Waals surface area (Å²) in [4.78, 5) is 0. The predicted octanol–water partition coefficient (Wildman–Crippen LogP) is 2.28. The maximum Gasteiger partial charge on any atom is 0.102 e. The highest BCUT2D eigenvalue weighted by Crippen LogP contribution is 2.15. The Balaban J connectivity index is 2.45. The smallest absolute Gasteiger partial charge is 0.102 e. The molecule has 0 atom stereocenters. The van der Waals surface area contributed by atoms with Crippen LogP contribution in [0.1, 0.15) is 20.3 Å². The molecule has 0 unspecified atom stereocenters. The van der Waals surface area contributed by atoms with Crippen molar-refractivity contribution < 1.29 is 0 Å². The predicted molar refractivity (Wildman–Crippen MR) is 46.5 cm³/mol. The van der Waals surface area contributed by atoms with Crippen LogP contribution in [-0.4, -0.2) is 10.9 Å². The Kier molecular flexibility index (Phi) is 2.72. The molecule has 0 spiro atoms. The van der Waals surface area contributed by atoms with Crippen LogP contribution in [0.4, 0.5) is 0 Å². The van der Waals surface area contributed by atoms with Gasteiger partial charge in [-0.1, -0.05) is 25.6 Å². The van der Waals surface area contributed by atoms with Crippen molar-refractivity contribution >= 4 is 22.7 Å². The molecule has 0 aromatic carbocycles. The number of hydrogen-bond acceptors (Lipinski definition) is 3. The quantitative estimate of drug-likeness (QED) is 0.599. The lowest BCUT2D eigenvalue weighted by molar-refractivity contribution is 0.687. The molecule has 0 N–H and O–H groups in total. The molecule has 0 amide bonds. The first-order chi connectivity index (χ1) is 4.79. The van der Waals surface area contributed by atoms with Gasteiger partial charge in [-0.25, -0.2) is 0 Å². The maximum atomic E-state index is 3.93. The van der Waals surface area contributed by atoms with Crippen molar-refractivity contribution in [2.75, 3.05) is 0 Å². The third-order valence-corrected chi connectivity index (χ3v) is 1.79. The summed E-state index contributed by atoms with van der Waals surface area (Å²) in [5, 5.41) is 10.5. The van der Waals surface area contributed by atoms with Gasteiger partial charge in [-0.3, -0.25) is 0 Å². The van der Waals surface area contributed by atoms with Crippen LogP contribution in [0.5, 0.6) is 0 Å². The van der Waals surface area contributed by atoms with Crippen molar-refractivity contribution in [3.8, 4) is 0 Å². The molecule has 10 heavy (non-hydrogen) atoms. The minimum absolute atomic E-state index is 0.660. The number of nitrogens with zero attached hydrogens (tertiary/aromatic N) is 2. The van der Waals surface area contributed by atoms with E-state index in [-0.39, 0.29) is 0 Å². The molecule has 0 fully saturated rings. The van der Waals surface area contributed by atoms with Gasteiger partial charge in [0, 0.05) is 17.7 Å². The lowest BCUT2D eigenvalue weighted by Gasteiger charge is -2.04. The average molecular weight is 154 g/mol. The molecule has 1 rings (SSSR count). The second-order valence-electron chi connectivity index (χ2n) is 2.56. The van der Waals surface area contributed by atoms with E-state index in [2.05, 4.69) is 29.9 Å². The minimum atomic E-state index is 0.660. The van der Waals surface area contributed by atoms with E-state index in [1.807, 2.05) is 5.41 Å². The van der Waals surface area contributed by atoms with Gasteiger partial charge in [0.05, 0.1) is 0 Å². The van der Waals surface area contributed by atoms with Crippen molar-refractivity contribution in [1.29, 1.82) is 0 Å². The number of hydrogen-bond donors (Lipinski definition) is 0. The Labute approximate surface area is 65.1 Å². The molecule has 0 bridgehead atoms. The first-order valence-corrected chi connectivity index (χ1v) is 4.17. The zero-order valence-corrected chi connectivity index (χ0v) is 6.98. The van der Waals surface area contributed by atoms with E-state index in [9.17, 15) is 0 Å². The number of thioether (sulfide) groups is 1. The Morgan fingerprint density at radius 1 is 1.70 bits per heavy atom. The van der Waals surface area contributed by atoms with Crippen LogP contribution in [0.3, 0.4) is 0 Å². The highest BCUT2D eigenvalue weighted by atomic mass is 32.2. The van der Waals surface area contributed by atoms with Crippen molar-refractivity contribution in [2.24, 2.45) is 16.1 Å². The lowest BCUT2D eigenvalue weighted by Crippen LogP contribution is -1.98. The van der Waals surface area contributed by atoms with Gasteiger partial charge in [-0.2, -0.15) is 0 Å². The molecule has 1 aliphatic rings. The molecule has 0 aromatic heterocycles. The lowest BCUT2D eigenvalue weighted by atomic mass is 10.1. The average Bonchev–Trinajstić information content (AvgIpc) is 1.88. The molecule has 2 nitrogen and oxygen atoms in total. The molecule has 3 heteroatoms. The maximum absolute atomic E-state index is 3.93. The van der Waals surface area contributed by atoms with E-state index in [0.717, 1.165) is 11.5 Å². The van der Waals surface area contributed by atoms with Crippen LogP contribution in [0.25, 0.3) is 0 Å². The molecule has 0 aromatic rings. The summed E-state index contributed by atoms with van der Waals surface area (Å²) in [6, 6.07) is 0. The van der Waals surface area contributed by atoms with Crippen LogP contribution < -0.4 is 0 Å². The summed E-state index contributed by atoms with van der Waals surface area (Å²) in [7, 11) is 0. The Morgan fingerprint density at radius 2 is 2.50 bits per heavy atom. The van der Waals surface area contributed by atoms with E-state index in [0.29, 0.717) is 5.92 Å². The molecule has 54 valence electrons. The Hall–Kier alpha value is -0.530. The van der Waals surface area contributed by atoms with Crippen LogP contribution in [0, 0.1) is 5.92 Å². The van der Waals surface area contributed by atoms with E-state index in [1.165, 1.54) is 0 Å². The van der Waals surface area contributed by atoms with Crippen molar-refractivity contribution in [3.05, 3.63) is 5.41 Å². The second kappa shape index (κ2) is 3.59. The summed E-state index contributed by atoms with van der Waals surface area (Å²) in [5.41, 5.74) is 0. The normalized spacial score (nSPS) is 16.1. The summed E-state index contributed by atoms with van der Waals surface area (Å²) >= 11 is 1.61. The van der Waals surface area contributed by atoms with Crippen molar-refractivity contribution in [1.82, 2.24) is 0 Å². The first kappa shape index (κ1) is 7.58. The summed E-state index contributed by atoms with van der Waals surface area (Å²) in [6.45, 7) is 4.34. The van der Waals surface area contributed by atoms with Gasteiger partial charge in [0.15, 0.2) is 0 Å². The summed E-state index contributed by atoms with van der Waals surface area (Å²) in [6.07, 6.45) is 1.02. The Bertz CT molecular complexity index is 200. The van der Waals surface area contributed by atoms with E-state index < -0.39 is 0 Å². The fourth-order valence-electron chi connectivity index (χ4n) is 0.664. The van der Waals surface area contributed by atoms with E-state index in [1.54, 1.807) is 11.8 Å². The third kappa shape index (κ3) is 2.38. The van der Waals surface area contributed by atoms with Gasteiger partial charge in [-0.15, -0.1) is 10.2 Å². The zero-order chi connectivity index (χ0) is 7.40. The fraction of sp³-hybridized carbons (Fsp3) is 0.571. The van der Waals surface area contributed by atoms with Gasteiger partial charge in [0.2, 0.25) is 0 Å². The summed E-state index contributed by atoms with van der Waals surface area (Å²) in [5.74, 6) is 3.32. The highest BCUT2D eigenvalue weighted by molar-refractivity contribution is 8.16. The van der Waals surface area contributed by atoms with E-state index in [4.69, 9.17) is 0 Å². The van der Waals surface area contributed by atoms with Crippen LogP contribution in [0.2, 0.25) is 0 Å². The Morgan fingerprint density at radius 3 is 3.00 bits per heavy atom. The van der Waals surface area contributed by atoms with Gasteiger partial charge in [-0.05, 0) is 5.92 Å². The molecule has 0 aliphatic carbocycles. The van der Waals surface area contributed by atoms with Crippen LogP contribution in [-0.2, 0) is 0 Å². The van der Waals surface area contributed by atoms with Gasteiger partial charge < -0.3 is 0 Å². The van der Waals surface area contributed by atoms with Crippen molar-refractivity contribution in [3.63, 3.8) is 0 Å². The largest absolute Gasteiger partial charge is 0.139 e. The molecular weight excluding hydrogens is 144 g/mol. The fourth-order valence-corrected chi connectivity index (χ4v) is 1.42. The topological polar surface area (TPSA) is 24.7 Å². The van der Waals surface area contributed by atoms with Gasteiger partial charge >= 0.3 is 0 Å². The summed E-state index contributed by atoms with van der Waals surface area (Å²) < 4.78 is 0. The van der Waals surface area contributed by atoms with Gasteiger partial charge in [0.25, 0.3) is 0 Å². The molecular formula is C7H10N2S. The van der Waals surface area contributed by atoms with E-state index >= 15 is 0 Å². The molecule has 1 heterocycles. The minimum Gasteiger partial charge on any atom is -0.139 e. The van der Waals surface area contributed by atoms with Crippen LogP contribution in [0.15, 0.2) is 15.6 Å². The standard InChI is InChI=1S/C7H10N2S/c1-6(2)5-7-9-8-3-4-10-7/h4,6H,5H2,1-2H3. The second-order valence-corrected chi connectivity index (χ2v) is 3.50. The molecule has 0 saturated carbocycles. The van der Waals surface area contributed by atoms with Crippen molar-refractivity contribution in [2.45, 2.75) is 20.3 Å². The first-order valence-electron chi connectivity index (χ1n) is 3.29. The van der Waals surface area contributed by atoms with Gasteiger partial charge in [0.1, 0.15) is 5.04 Å². The molecule has 0 radical (unpaired) electrons.